The molecule has 0 radical (unpaired) electrons. The van der Waals surface area contributed by atoms with Gasteiger partial charge < -0.3 is 9.13 Å². The molecule has 0 unspecified atom stereocenters. The number of hydrogen-bond acceptors (Lipinski definition) is 0. The van der Waals surface area contributed by atoms with E-state index in [0.29, 0.717) is 11.4 Å². The van der Waals surface area contributed by atoms with E-state index in [1.165, 1.54) is 12.1 Å². The van der Waals surface area contributed by atoms with Crippen molar-refractivity contribution in [3.63, 3.8) is 0 Å². The van der Waals surface area contributed by atoms with Crippen LogP contribution in [0.2, 0.25) is 0 Å². The molecule has 0 aliphatic carbocycles. The predicted octanol–water partition coefficient (Wildman–Crippen LogP) is 15.6. The summed E-state index contributed by atoms with van der Waals surface area (Å²) < 4.78 is 49.0. The number of halogens is 3. The standard InChI is InChI=1S/C53H33F3N4/c1-32-14-5-7-16-36(32)34-24-26-48-40(28-34)38-18-9-11-22-46(38)59(48)50-30-42(52-43(53(54,55)56)20-13-21-44(52)57-3)45(58-4)31-51(50)60-47-23-12-10-19-39(47)41-29-35(25-27-49(41)60)37-17-8-6-15-33(37)2/h5-31H,1-2H3. The third-order valence-electron chi connectivity index (χ3n) is 11.7. The van der Waals surface area contributed by atoms with Crippen LogP contribution in [0.4, 0.5) is 24.5 Å². The fraction of sp³-hybridized carbons (Fsp3) is 0.0566. The minimum atomic E-state index is -4.78. The average Bonchev–Trinajstić information content (AvgIpc) is 3.77. The molecular weight excluding hydrogens is 750 g/mol. The Morgan fingerprint density at radius 1 is 0.433 bits per heavy atom. The van der Waals surface area contributed by atoms with Crippen molar-refractivity contribution in [1.29, 1.82) is 0 Å². The van der Waals surface area contributed by atoms with Gasteiger partial charge in [-0.1, -0.05) is 115 Å². The Balaban J connectivity index is 1.36. The van der Waals surface area contributed by atoms with Crippen molar-refractivity contribution in [2.45, 2.75) is 20.0 Å². The monoisotopic (exact) mass is 782 g/mol. The van der Waals surface area contributed by atoms with Gasteiger partial charge in [-0.25, -0.2) is 9.69 Å². The predicted molar refractivity (Wildman–Crippen MR) is 238 cm³/mol. The molecule has 286 valence electrons. The van der Waals surface area contributed by atoms with Crippen LogP contribution in [-0.2, 0) is 6.18 Å². The molecule has 4 nitrogen and oxygen atoms in total. The first-order chi connectivity index (χ1) is 29.2. The maximum absolute atomic E-state index is 14.9. The molecule has 8 aromatic carbocycles. The summed E-state index contributed by atoms with van der Waals surface area (Å²) in [7, 11) is 0. The van der Waals surface area contributed by atoms with Gasteiger partial charge in [0.1, 0.15) is 0 Å². The summed E-state index contributed by atoms with van der Waals surface area (Å²) in [6, 6.07) is 52.3. The van der Waals surface area contributed by atoms with E-state index in [2.05, 4.69) is 105 Å². The number of fused-ring (bicyclic) bond motifs is 6. The van der Waals surface area contributed by atoms with Crippen molar-refractivity contribution in [2.24, 2.45) is 0 Å². The zero-order valence-corrected chi connectivity index (χ0v) is 32.5. The van der Waals surface area contributed by atoms with Crippen LogP contribution in [0.25, 0.3) is 98.1 Å². The first-order valence-electron chi connectivity index (χ1n) is 19.5. The molecule has 0 amide bonds. The summed E-state index contributed by atoms with van der Waals surface area (Å²) in [5.74, 6) is 0. The molecule has 0 saturated carbocycles. The van der Waals surface area contributed by atoms with Crippen molar-refractivity contribution in [2.75, 3.05) is 0 Å². The van der Waals surface area contributed by atoms with E-state index in [1.54, 1.807) is 12.1 Å². The minimum absolute atomic E-state index is 0.000387. The van der Waals surface area contributed by atoms with Gasteiger partial charge in [0, 0.05) is 21.5 Å². The summed E-state index contributed by atoms with van der Waals surface area (Å²) in [5.41, 5.74) is 9.78. The van der Waals surface area contributed by atoms with Gasteiger partial charge in [-0.3, -0.25) is 0 Å². The number of nitrogens with zero attached hydrogens (tertiary/aromatic N) is 4. The lowest BCUT2D eigenvalue weighted by atomic mass is 9.94. The van der Waals surface area contributed by atoms with Crippen LogP contribution < -0.4 is 0 Å². The zero-order chi connectivity index (χ0) is 41.3. The van der Waals surface area contributed by atoms with Crippen LogP contribution in [0.3, 0.4) is 0 Å². The summed E-state index contributed by atoms with van der Waals surface area (Å²) in [6.07, 6.45) is -4.78. The molecule has 0 fully saturated rings. The lowest BCUT2D eigenvalue weighted by molar-refractivity contribution is -0.137. The summed E-state index contributed by atoms with van der Waals surface area (Å²) in [6.45, 7) is 20.6. The van der Waals surface area contributed by atoms with E-state index in [4.69, 9.17) is 13.1 Å². The van der Waals surface area contributed by atoms with Crippen LogP contribution in [0, 0.1) is 27.0 Å². The summed E-state index contributed by atoms with van der Waals surface area (Å²) in [5, 5.41) is 3.92. The Morgan fingerprint density at radius 3 is 1.40 bits per heavy atom. The minimum Gasteiger partial charge on any atom is -0.308 e. The van der Waals surface area contributed by atoms with E-state index in [1.807, 2.05) is 60.7 Å². The number of rotatable bonds is 5. The Bertz CT molecular complexity index is 3480. The fourth-order valence-corrected chi connectivity index (χ4v) is 8.96. The maximum atomic E-state index is 14.9. The first-order valence-corrected chi connectivity index (χ1v) is 19.5. The van der Waals surface area contributed by atoms with Gasteiger partial charge >= 0.3 is 6.18 Å². The van der Waals surface area contributed by atoms with Crippen LogP contribution in [-0.4, -0.2) is 9.13 Å². The van der Waals surface area contributed by atoms with Crippen molar-refractivity contribution in [3.05, 3.63) is 203 Å². The van der Waals surface area contributed by atoms with Gasteiger partial charge in [-0.15, -0.1) is 0 Å². The average molecular weight is 783 g/mol. The number of para-hydroxylation sites is 2. The molecule has 2 heterocycles. The second kappa shape index (κ2) is 13.9. The quantitative estimate of drug-likeness (QED) is 0.155. The topological polar surface area (TPSA) is 18.6 Å². The van der Waals surface area contributed by atoms with Gasteiger partial charge in [0.05, 0.1) is 52.1 Å². The number of aryl methyl sites for hydroxylation is 2. The molecule has 0 bridgehead atoms. The number of benzene rings is 8. The molecule has 7 heteroatoms. The maximum Gasteiger partial charge on any atom is 0.415 e. The van der Waals surface area contributed by atoms with E-state index in [-0.39, 0.29) is 22.5 Å². The molecule has 0 saturated heterocycles. The smallest absolute Gasteiger partial charge is 0.308 e. The van der Waals surface area contributed by atoms with Gasteiger partial charge in [0.2, 0.25) is 0 Å². The van der Waals surface area contributed by atoms with Crippen LogP contribution in [0.15, 0.2) is 164 Å². The second-order valence-corrected chi connectivity index (χ2v) is 15.1. The Labute approximate surface area is 344 Å². The van der Waals surface area contributed by atoms with Crippen molar-refractivity contribution in [3.8, 4) is 44.8 Å². The third-order valence-corrected chi connectivity index (χ3v) is 11.7. The number of alkyl halides is 3. The molecule has 0 atom stereocenters. The molecule has 10 aromatic rings. The van der Waals surface area contributed by atoms with Crippen LogP contribution in [0.5, 0.6) is 0 Å². The molecule has 2 aromatic heterocycles. The Kier molecular flexibility index (Phi) is 8.45. The van der Waals surface area contributed by atoms with E-state index in [9.17, 15) is 13.2 Å². The SMILES string of the molecule is [C-]#[N+]c1cc(-n2c3ccccc3c3cc(-c4ccccc4C)ccc32)c(-n2c3ccccc3c3cc(-c4ccccc4C)ccc32)cc1-c1c([N+]#[C-])cccc1C(F)(F)F. The van der Waals surface area contributed by atoms with Crippen molar-refractivity contribution < 1.29 is 13.2 Å². The van der Waals surface area contributed by atoms with Crippen LogP contribution >= 0.6 is 0 Å². The van der Waals surface area contributed by atoms with Crippen molar-refractivity contribution in [1.82, 2.24) is 9.13 Å². The first kappa shape index (κ1) is 36.5. The molecular formula is C53H33F3N4. The zero-order valence-electron chi connectivity index (χ0n) is 32.5. The molecule has 0 N–H and O–H groups in total. The van der Waals surface area contributed by atoms with E-state index >= 15 is 0 Å². The van der Waals surface area contributed by atoms with Gasteiger partial charge in [0.25, 0.3) is 0 Å². The Hall–Kier alpha value is -7.87. The highest BCUT2D eigenvalue weighted by molar-refractivity contribution is 6.13. The summed E-state index contributed by atoms with van der Waals surface area (Å²) in [4.78, 5) is 7.46. The molecule has 0 spiro atoms. The lowest BCUT2D eigenvalue weighted by Gasteiger charge is -2.22. The lowest BCUT2D eigenvalue weighted by Crippen LogP contribution is -2.08. The van der Waals surface area contributed by atoms with Crippen molar-refractivity contribution >= 4 is 55.0 Å². The molecule has 0 aliphatic heterocycles. The second-order valence-electron chi connectivity index (χ2n) is 15.1. The highest BCUT2D eigenvalue weighted by atomic mass is 19.4. The van der Waals surface area contributed by atoms with Gasteiger partial charge in [-0.05, 0) is 107 Å². The largest absolute Gasteiger partial charge is 0.415 e. The van der Waals surface area contributed by atoms with E-state index in [0.717, 1.165) is 83.1 Å². The highest BCUT2D eigenvalue weighted by Crippen LogP contribution is 2.49. The van der Waals surface area contributed by atoms with Crippen LogP contribution in [0.1, 0.15) is 16.7 Å². The van der Waals surface area contributed by atoms with Gasteiger partial charge in [0.15, 0.2) is 11.4 Å². The highest BCUT2D eigenvalue weighted by Gasteiger charge is 2.36. The normalized spacial score (nSPS) is 11.7. The number of hydrogen-bond donors (Lipinski definition) is 0. The Morgan fingerprint density at radius 2 is 0.900 bits per heavy atom. The molecule has 0 aliphatic rings. The third kappa shape index (κ3) is 5.67. The number of aromatic nitrogens is 2. The fourth-order valence-electron chi connectivity index (χ4n) is 8.96. The summed E-state index contributed by atoms with van der Waals surface area (Å²) >= 11 is 0. The molecule has 10 rings (SSSR count). The van der Waals surface area contributed by atoms with Gasteiger partial charge in [-0.2, -0.15) is 13.2 Å². The van der Waals surface area contributed by atoms with E-state index < -0.39 is 11.7 Å². The molecule has 60 heavy (non-hydrogen) atoms.